The molecule has 0 unspecified atom stereocenters. The average Bonchev–Trinajstić information content (AvgIpc) is 2.26. The number of hydrogen-bond donors (Lipinski definition) is 2. The minimum absolute atomic E-state index is 0.233. The molecule has 0 spiro atoms. The maximum Gasteiger partial charge on any atom is 0.123 e. The summed E-state index contributed by atoms with van der Waals surface area (Å²) in [6.45, 7) is 6.40. The Hall–Kier alpha value is -0.930. The minimum Gasteiger partial charge on any atom is -0.392 e. The van der Waals surface area contributed by atoms with Gasteiger partial charge < -0.3 is 10.4 Å². The van der Waals surface area contributed by atoms with Crippen molar-refractivity contribution >= 4 is 0 Å². The van der Waals surface area contributed by atoms with Crippen LogP contribution in [0.1, 0.15) is 32.8 Å². The Morgan fingerprint density at radius 2 is 2.12 bits per heavy atom. The number of aliphatic hydroxyl groups is 1. The number of benzene rings is 1. The van der Waals surface area contributed by atoms with Gasteiger partial charge in [-0.05, 0) is 38.0 Å². The number of hydrogen-bond acceptors (Lipinski definition) is 2. The van der Waals surface area contributed by atoms with Gasteiger partial charge in [-0.25, -0.2) is 4.39 Å². The molecular weight excluding hydrogens is 205 g/mol. The summed E-state index contributed by atoms with van der Waals surface area (Å²) in [6, 6.07) is 6.53. The highest BCUT2D eigenvalue weighted by Crippen LogP contribution is 2.20. The van der Waals surface area contributed by atoms with Gasteiger partial charge in [0.05, 0.1) is 6.10 Å². The van der Waals surface area contributed by atoms with Crippen LogP contribution < -0.4 is 5.32 Å². The molecule has 0 saturated heterocycles. The normalized spacial score (nSPS) is 13.8. The molecule has 16 heavy (non-hydrogen) atoms. The van der Waals surface area contributed by atoms with Crippen LogP contribution in [0.3, 0.4) is 0 Å². The maximum atomic E-state index is 13.1. The second-order valence-corrected chi connectivity index (χ2v) is 4.58. The molecule has 0 aromatic heterocycles. The van der Waals surface area contributed by atoms with E-state index in [0.717, 1.165) is 5.56 Å². The van der Waals surface area contributed by atoms with E-state index in [2.05, 4.69) is 5.32 Å². The lowest BCUT2D eigenvalue weighted by atomic mass is 9.94. The second kappa shape index (κ2) is 5.41. The summed E-state index contributed by atoms with van der Waals surface area (Å²) in [6.07, 6.45) is 0.361. The molecule has 1 aromatic carbocycles. The Labute approximate surface area is 96.5 Å². The lowest BCUT2D eigenvalue weighted by Crippen LogP contribution is -2.41. The fourth-order valence-electron chi connectivity index (χ4n) is 1.50. The highest BCUT2D eigenvalue weighted by atomic mass is 19.1. The average molecular weight is 225 g/mol. The number of nitrogens with one attached hydrogen (secondary N) is 1. The van der Waals surface area contributed by atoms with Crippen LogP contribution in [0.4, 0.5) is 4.39 Å². The van der Waals surface area contributed by atoms with E-state index in [0.29, 0.717) is 13.0 Å². The van der Waals surface area contributed by atoms with Crippen LogP contribution in [0.2, 0.25) is 0 Å². The third-order valence-corrected chi connectivity index (χ3v) is 2.80. The van der Waals surface area contributed by atoms with Crippen molar-refractivity contribution in [2.24, 2.45) is 0 Å². The Kier molecular flexibility index (Phi) is 4.44. The van der Waals surface area contributed by atoms with E-state index < -0.39 is 0 Å². The zero-order chi connectivity index (χ0) is 12.2. The second-order valence-electron chi connectivity index (χ2n) is 4.58. The van der Waals surface area contributed by atoms with Crippen LogP contribution in [0.25, 0.3) is 0 Å². The molecule has 2 N–H and O–H groups in total. The van der Waals surface area contributed by atoms with Gasteiger partial charge in [-0.2, -0.15) is 0 Å². The fraction of sp³-hybridized carbons (Fsp3) is 0.538. The quantitative estimate of drug-likeness (QED) is 0.806. The number of aliphatic hydroxyl groups excluding tert-OH is 1. The molecule has 0 saturated carbocycles. The van der Waals surface area contributed by atoms with Crippen molar-refractivity contribution in [2.75, 3.05) is 6.54 Å². The van der Waals surface area contributed by atoms with Crippen molar-refractivity contribution in [3.05, 3.63) is 35.6 Å². The summed E-state index contributed by atoms with van der Waals surface area (Å²) in [5.74, 6) is -0.233. The molecule has 2 nitrogen and oxygen atoms in total. The van der Waals surface area contributed by atoms with Crippen LogP contribution in [0, 0.1) is 5.82 Å². The molecule has 0 aliphatic carbocycles. The van der Waals surface area contributed by atoms with Gasteiger partial charge in [0.15, 0.2) is 0 Å². The minimum atomic E-state index is -0.354. The molecule has 0 fully saturated rings. The van der Waals surface area contributed by atoms with Crippen LogP contribution >= 0.6 is 0 Å². The summed E-state index contributed by atoms with van der Waals surface area (Å²) in [5.41, 5.74) is 0.550. The summed E-state index contributed by atoms with van der Waals surface area (Å²) in [7, 11) is 0. The van der Waals surface area contributed by atoms with Gasteiger partial charge in [-0.15, -0.1) is 0 Å². The Bertz CT molecular complexity index is 338. The molecule has 1 aromatic rings. The third-order valence-electron chi connectivity index (χ3n) is 2.80. The van der Waals surface area contributed by atoms with Gasteiger partial charge in [0.1, 0.15) is 5.82 Å². The molecule has 90 valence electrons. The molecule has 0 aliphatic rings. The smallest absolute Gasteiger partial charge is 0.123 e. The van der Waals surface area contributed by atoms with Crippen molar-refractivity contribution in [1.82, 2.24) is 5.32 Å². The summed E-state index contributed by atoms with van der Waals surface area (Å²) < 4.78 is 13.1. The van der Waals surface area contributed by atoms with Crippen LogP contribution in [-0.4, -0.2) is 17.8 Å². The molecule has 0 amide bonds. The molecule has 0 bridgehead atoms. The fourth-order valence-corrected chi connectivity index (χ4v) is 1.50. The van der Waals surface area contributed by atoms with E-state index in [1.54, 1.807) is 6.07 Å². The first-order valence-corrected chi connectivity index (χ1v) is 5.65. The first-order valence-electron chi connectivity index (χ1n) is 5.65. The molecule has 1 atom stereocenters. The standard InChI is InChI=1S/C13H20FNO/c1-4-12(16)9-15-13(2,3)10-6-5-7-11(14)8-10/h5-8,12,15-16H,4,9H2,1-3H3/t12-/m1/s1. The number of rotatable bonds is 5. The van der Waals surface area contributed by atoms with Crippen molar-refractivity contribution in [1.29, 1.82) is 0 Å². The van der Waals surface area contributed by atoms with E-state index in [9.17, 15) is 9.50 Å². The molecule has 0 heterocycles. The van der Waals surface area contributed by atoms with Gasteiger partial charge in [0.25, 0.3) is 0 Å². The first kappa shape index (κ1) is 13.1. The van der Waals surface area contributed by atoms with Gasteiger partial charge >= 0.3 is 0 Å². The van der Waals surface area contributed by atoms with Crippen LogP contribution in [0.15, 0.2) is 24.3 Å². The van der Waals surface area contributed by atoms with Crippen molar-refractivity contribution in [2.45, 2.75) is 38.8 Å². The predicted molar refractivity (Wildman–Crippen MR) is 63.7 cm³/mol. The summed E-state index contributed by atoms with van der Waals surface area (Å²) >= 11 is 0. The monoisotopic (exact) mass is 225 g/mol. The van der Waals surface area contributed by atoms with Crippen LogP contribution in [-0.2, 0) is 5.54 Å². The topological polar surface area (TPSA) is 32.3 Å². The van der Waals surface area contributed by atoms with Gasteiger partial charge in [0, 0.05) is 12.1 Å². The predicted octanol–water partition coefficient (Wildman–Crippen LogP) is 2.42. The molecule has 0 radical (unpaired) electrons. The maximum absolute atomic E-state index is 13.1. The Morgan fingerprint density at radius 3 is 2.69 bits per heavy atom. The van der Waals surface area contributed by atoms with E-state index in [1.807, 2.05) is 26.8 Å². The number of halogens is 1. The van der Waals surface area contributed by atoms with Crippen LogP contribution in [0.5, 0.6) is 0 Å². The lowest BCUT2D eigenvalue weighted by Gasteiger charge is -2.28. The Balaban J connectivity index is 2.69. The Morgan fingerprint density at radius 1 is 1.44 bits per heavy atom. The van der Waals surface area contributed by atoms with Crippen molar-refractivity contribution in [3.8, 4) is 0 Å². The highest BCUT2D eigenvalue weighted by Gasteiger charge is 2.20. The lowest BCUT2D eigenvalue weighted by molar-refractivity contribution is 0.154. The highest BCUT2D eigenvalue weighted by molar-refractivity contribution is 5.23. The zero-order valence-corrected chi connectivity index (χ0v) is 10.1. The van der Waals surface area contributed by atoms with Gasteiger partial charge in [0.2, 0.25) is 0 Å². The van der Waals surface area contributed by atoms with E-state index >= 15 is 0 Å². The van der Waals surface area contributed by atoms with E-state index in [-0.39, 0.29) is 17.5 Å². The van der Waals surface area contributed by atoms with E-state index in [1.165, 1.54) is 12.1 Å². The summed E-state index contributed by atoms with van der Waals surface area (Å²) in [4.78, 5) is 0. The van der Waals surface area contributed by atoms with Crippen molar-refractivity contribution in [3.63, 3.8) is 0 Å². The molecule has 3 heteroatoms. The third kappa shape index (κ3) is 3.58. The van der Waals surface area contributed by atoms with Gasteiger partial charge in [-0.1, -0.05) is 19.1 Å². The largest absolute Gasteiger partial charge is 0.392 e. The zero-order valence-electron chi connectivity index (χ0n) is 10.1. The summed E-state index contributed by atoms with van der Waals surface area (Å²) in [5, 5.41) is 12.7. The van der Waals surface area contributed by atoms with E-state index in [4.69, 9.17) is 0 Å². The molecule has 0 aliphatic heterocycles. The first-order chi connectivity index (χ1) is 7.45. The molecule has 1 rings (SSSR count). The SMILES string of the molecule is CC[C@@H](O)CNC(C)(C)c1cccc(F)c1. The van der Waals surface area contributed by atoms with Gasteiger partial charge in [-0.3, -0.25) is 0 Å². The van der Waals surface area contributed by atoms with Crippen molar-refractivity contribution < 1.29 is 9.50 Å². The molecular formula is C13H20FNO.